The summed E-state index contributed by atoms with van der Waals surface area (Å²) < 4.78 is 29.4. The lowest BCUT2D eigenvalue weighted by Gasteiger charge is -2.11. The molecular formula is C17H23N3O4S. The number of aromatic nitrogens is 2. The molecule has 1 heterocycles. The van der Waals surface area contributed by atoms with Crippen molar-refractivity contribution in [2.75, 3.05) is 11.1 Å². The third-order valence-electron chi connectivity index (χ3n) is 3.70. The zero-order chi connectivity index (χ0) is 18.4. The minimum absolute atomic E-state index is 0.0194. The Balaban J connectivity index is 1.98. The van der Waals surface area contributed by atoms with Crippen LogP contribution < -0.4 is 5.32 Å². The number of benzene rings is 1. The summed E-state index contributed by atoms with van der Waals surface area (Å²) in [5, 5.41) is 6.43. The van der Waals surface area contributed by atoms with Crippen LogP contribution in [-0.2, 0) is 26.8 Å². The van der Waals surface area contributed by atoms with Gasteiger partial charge in [0.25, 0.3) is 0 Å². The molecule has 136 valence electrons. The molecule has 0 bridgehead atoms. The van der Waals surface area contributed by atoms with E-state index >= 15 is 0 Å². The highest BCUT2D eigenvalue weighted by Gasteiger charge is 2.22. The van der Waals surface area contributed by atoms with Gasteiger partial charge in [0.15, 0.2) is 15.7 Å². The second-order valence-electron chi connectivity index (χ2n) is 6.06. The lowest BCUT2D eigenvalue weighted by atomic mass is 10.1. The van der Waals surface area contributed by atoms with Crippen molar-refractivity contribution in [3.05, 3.63) is 41.0 Å². The molecule has 1 aromatic carbocycles. The predicted octanol–water partition coefficient (Wildman–Crippen LogP) is 2.58. The Morgan fingerprint density at radius 2 is 1.92 bits per heavy atom. The van der Waals surface area contributed by atoms with Crippen molar-refractivity contribution >= 4 is 21.4 Å². The molecule has 2 rings (SSSR count). The van der Waals surface area contributed by atoms with Gasteiger partial charge in [0, 0.05) is 12.1 Å². The maximum Gasteiger partial charge on any atom is 0.241 e. The van der Waals surface area contributed by atoms with E-state index in [1.165, 1.54) is 0 Å². The Kier molecular flexibility index (Phi) is 6.30. The molecule has 0 fully saturated rings. The minimum Gasteiger partial charge on any atom is -0.338 e. The number of amides is 1. The van der Waals surface area contributed by atoms with Gasteiger partial charge in [-0.15, -0.1) is 0 Å². The van der Waals surface area contributed by atoms with Gasteiger partial charge in [0.05, 0.1) is 0 Å². The standard InChI is InChI=1S/C17H23N3O4S/c1-4-5-9-14-18-16(24-20-14)11-25(22,23)10-15(21)19-17-12(2)7-6-8-13(17)3/h6-8H,4-5,9-11H2,1-3H3,(H,19,21). The number of carbonyl (C=O) groups is 1. The minimum atomic E-state index is -3.70. The summed E-state index contributed by atoms with van der Waals surface area (Å²) >= 11 is 0. The fourth-order valence-corrected chi connectivity index (χ4v) is 3.48. The normalized spacial score (nSPS) is 11.5. The molecule has 0 aliphatic rings. The van der Waals surface area contributed by atoms with E-state index in [0.717, 1.165) is 24.0 Å². The molecule has 0 radical (unpaired) electrons. The van der Waals surface area contributed by atoms with Crippen LogP contribution in [0, 0.1) is 13.8 Å². The summed E-state index contributed by atoms with van der Waals surface area (Å²) in [5.74, 6) is -1.14. The molecular weight excluding hydrogens is 342 g/mol. The first-order valence-electron chi connectivity index (χ1n) is 8.18. The SMILES string of the molecule is CCCCc1noc(CS(=O)(=O)CC(=O)Nc2c(C)cccc2C)n1. The third kappa shape index (κ3) is 5.67. The number of rotatable bonds is 8. The van der Waals surface area contributed by atoms with Crippen molar-refractivity contribution < 1.29 is 17.7 Å². The van der Waals surface area contributed by atoms with E-state index in [1.54, 1.807) is 0 Å². The summed E-state index contributed by atoms with van der Waals surface area (Å²) in [6.45, 7) is 5.75. The summed E-state index contributed by atoms with van der Waals surface area (Å²) in [7, 11) is -3.70. The zero-order valence-corrected chi connectivity index (χ0v) is 15.5. The molecule has 1 aromatic heterocycles. The average molecular weight is 365 g/mol. The molecule has 1 amide bonds. The highest BCUT2D eigenvalue weighted by Crippen LogP contribution is 2.19. The number of nitrogens with one attached hydrogen (secondary N) is 1. The van der Waals surface area contributed by atoms with Crippen LogP contribution in [0.3, 0.4) is 0 Å². The number of sulfone groups is 1. The van der Waals surface area contributed by atoms with E-state index in [1.807, 2.05) is 39.0 Å². The average Bonchev–Trinajstić information content (AvgIpc) is 2.95. The molecule has 25 heavy (non-hydrogen) atoms. The number of unbranched alkanes of at least 4 members (excludes halogenated alkanes) is 1. The van der Waals surface area contributed by atoms with E-state index in [2.05, 4.69) is 15.5 Å². The second kappa shape index (κ2) is 8.24. The zero-order valence-electron chi connectivity index (χ0n) is 14.7. The Morgan fingerprint density at radius 1 is 1.24 bits per heavy atom. The van der Waals surface area contributed by atoms with Crippen LogP contribution in [0.4, 0.5) is 5.69 Å². The first-order valence-corrected chi connectivity index (χ1v) is 10.0. The van der Waals surface area contributed by atoms with Gasteiger partial charge in [-0.2, -0.15) is 4.98 Å². The molecule has 7 nitrogen and oxygen atoms in total. The Bertz CT molecular complexity index is 823. The molecule has 2 aromatic rings. The summed E-state index contributed by atoms with van der Waals surface area (Å²) in [4.78, 5) is 16.2. The first kappa shape index (κ1) is 19.1. The van der Waals surface area contributed by atoms with Gasteiger partial charge in [-0.1, -0.05) is 36.7 Å². The molecule has 0 saturated heterocycles. The van der Waals surface area contributed by atoms with Crippen molar-refractivity contribution in [2.24, 2.45) is 0 Å². The molecule has 0 saturated carbocycles. The maximum absolute atomic E-state index is 12.2. The van der Waals surface area contributed by atoms with Crippen LogP contribution in [0.1, 0.15) is 42.6 Å². The van der Waals surface area contributed by atoms with Crippen LogP contribution in [0.2, 0.25) is 0 Å². The number of hydrogen-bond acceptors (Lipinski definition) is 6. The number of nitrogens with zero attached hydrogens (tertiary/aromatic N) is 2. The van der Waals surface area contributed by atoms with Crippen LogP contribution in [0.25, 0.3) is 0 Å². The first-order chi connectivity index (χ1) is 11.8. The largest absolute Gasteiger partial charge is 0.338 e. The Hall–Kier alpha value is -2.22. The van der Waals surface area contributed by atoms with Gasteiger partial charge in [0.1, 0.15) is 11.5 Å². The topological polar surface area (TPSA) is 102 Å². The van der Waals surface area contributed by atoms with Gasteiger partial charge in [-0.25, -0.2) is 8.42 Å². The summed E-state index contributed by atoms with van der Waals surface area (Å²) in [6, 6.07) is 5.59. The molecule has 0 aliphatic carbocycles. The van der Waals surface area contributed by atoms with E-state index < -0.39 is 27.3 Å². The predicted molar refractivity (Wildman–Crippen MR) is 94.9 cm³/mol. The lowest BCUT2D eigenvalue weighted by molar-refractivity contribution is -0.113. The van der Waals surface area contributed by atoms with Crippen LogP contribution in [0.15, 0.2) is 22.7 Å². The van der Waals surface area contributed by atoms with Crippen molar-refractivity contribution in [3.63, 3.8) is 0 Å². The van der Waals surface area contributed by atoms with Crippen LogP contribution in [0.5, 0.6) is 0 Å². The number of aryl methyl sites for hydroxylation is 3. The lowest BCUT2D eigenvalue weighted by Crippen LogP contribution is -2.24. The third-order valence-corrected chi connectivity index (χ3v) is 5.09. The number of para-hydroxylation sites is 1. The van der Waals surface area contributed by atoms with Gasteiger partial charge in [0.2, 0.25) is 11.8 Å². The van der Waals surface area contributed by atoms with E-state index in [9.17, 15) is 13.2 Å². The van der Waals surface area contributed by atoms with Gasteiger partial charge < -0.3 is 9.84 Å². The molecule has 1 N–H and O–H groups in total. The van der Waals surface area contributed by atoms with Crippen molar-refractivity contribution in [1.29, 1.82) is 0 Å². The van der Waals surface area contributed by atoms with Crippen LogP contribution in [-0.4, -0.2) is 30.2 Å². The summed E-state index contributed by atoms with van der Waals surface area (Å²) in [6.07, 6.45) is 2.54. The fraction of sp³-hybridized carbons (Fsp3) is 0.471. The van der Waals surface area contributed by atoms with Gasteiger partial charge >= 0.3 is 0 Å². The summed E-state index contributed by atoms with van der Waals surface area (Å²) in [5.41, 5.74) is 2.40. The number of anilines is 1. The van der Waals surface area contributed by atoms with Crippen molar-refractivity contribution in [1.82, 2.24) is 10.1 Å². The van der Waals surface area contributed by atoms with Crippen molar-refractivity contribution in [3.8, 4) is 0 Å². The fourth-order valence-electron chi connectivity index (χ4n) is 2.41. The monoisotopic (exact) mass is 365 g/mol. The van der Waals surface area contributed by atoms with Gasteiger partial charge in [-0.05, 0) is 31.4 Å². The Morgan fingerprint density at radius 3 is 2.56 bits per heavy atom. The van der Waals surface area contributed by atoms with E-state index in [0.29, 0.717) is 17.9 Å². The van der Waals surface area contributed by atoms with E-state index in [-0.39, 0.29) is 5.89 Å². The highest BCUT2D eigenvalue weighted by molar-refractivity contribution is 7.91. The molecule has 8 heteroatoms. The molecule has 0 atom stereocenters. The van der Waals surface area contributed by atoms with Crippen LogP contribution >= 0.6 is 0 Å². The van der Waals surface area contributed by atoms with Crippen molar-refractivity contribution in [2.45, 2.75) is 45.8 Å². The quantitative estimate of drug-likeness (QED) is 0.771. The highest BCUT2D eigenvalue weighted by atomic mass is 32.2. The molecule has 0 aliphatic heterocycles. The Labute approximate surface area is 147 Å². The van der Waals surface area contributed by atoms with Gasteiger partial charge in [-0.3, -0.25) is 4.79 Å². The van der Waals surface area contributed by atoms with E-state index in [4.69, 9.17) is 4.52 Å². The smallest absolute Gasteiger partial charge is 0.241 e. The molecule has 0 spiro atoms. The second-order valence-corrected chi connectivity index (χ2v) is 8.12. The molecule has 0 unspecified atom stereocenters. The number of carbonyl (C=O) groups excluding carboxylic acids is 1. The maximum atomic E-state index is 12.2. The number of hydrogen-bond donors (Lipinski definition) is 1.